The largest absolute Gasteiger partial charge is 0.508 e. The van der Waals surface area contributed by atoms with Crippen molar-refractivity contribution in [3.05, 3.63) is 59.7 Å². The lowest BCUT2D eigenvalue weighted by molar-refractivity contribution is 0.329. The number of phenols is 2. The molecule has 1 aliphatic heterocycles. The highest BCUT2D eigenvalue weighted by molar-refractivity contribution is 5.43. The molecule has 0 aromatic heterocycles. The van der Waals surface area contributed by atoms with Gasteiger partial charge in [0.15, 0.2) is 0 Å². The molecule has 1 heterocycles. The highest BCUT2D eigenvalue weighted by Gasteiger charge is 2.35. The highest BCUT2D eigenvalue weighted by Crippen LogP contribution is 2.32. The molecule has 104 valence electrons. The van der Waals surface area contributed by atoms with E-state index in [1.807, 2.05) is 24.3 Å². The van der Waals surface area contributed by atoms with Crippen LogP contribution in [-0.4, -0.2) is 29.8 Å². The second-order valence-electron chi connectivity index (χ2n) is 5.10. The summed E-state index contributed by atoms with van der Waals surface area (Å²) in [6.45, 7) is 2.56. The molecule has 0 atom stereocenters. The number of phenolic OH excluding ortho intramolecular Hbond substituents is 2. The first-order valence-electron chi connectivity index (χ1n) is 6.75. The third-order valence-electron chi connectivity index (χ3n) is 3.84. The van der Waals surface area contributed by atoms with E-state index >= 15 is 0 Å². The van der Waals surface area contributed by atoms with Gasteiger partial charge in [0.05, 0.1) is 5.54 Å². The van der Waals surface area contributed by atoms with Crippen LogP contribution in [0.3, 0.4) is 0 Å². The van der Waals surface area contributed by atoms with Gasteiger partial charge in [-0.25, -0.2) is 0 Å². The van der Waals surface area contributed by atoms with Crippen LogP contribution in [-0.2, 0) is 5.54 Å². The quantitative estimate of drug-likeness (QED) is 0.668. The zero-order valence-corrected chi connectivity index (χ0v) is 11.1. The van der Waals surface area contributed by atoms with Crippen LogP contribution in [0.4, 0.5) is 0 Å². The molecule has 2 aromatic rings. The number of aromatic hydroxyl groups is 2. The summed E-state index contributed by atoms with van der Waals surface area (Å²) in [6.07, 6.45) is 0. The van der Waals surface area contributed by atoms with Crippen molar-refractivity contribution in [3.63, 3.8) is 0 Å². The van der Waals surface area contributed by atoms with Gasteiger partial charge in [0.1, 0.15) is 11.5 Å². The standard InChI is InChI=1S/C16H18N2O2/c19-14-5-1-12(2-6-14)16(11-17-9-10-18-16)13-3-7-15(20)8-4-13/h1-8,17-20H,9-11H2. The van der Waals surface area contributed by atoms with Crippen LogP contribution in [0.25, 0.3) is 0 Å². The summed E-state index contributed by atoms with van der Waals surface area (Å²) in [5, 5.41) is 25.9. The van der Waals surface area contributed by atoms with Gasteiger partial charge in [0.25, 0.3) is 0 Å². The maximum atomic E-state index is 9.48. The Hall–Kier alpha value is -2.04. The number of benzene rings is 2. The average molecular weight is 270 g/mol. The van der Waals surface area contributed by atoms with E-state index in [0.29, 0.717) is 0 Å². The minimum Gasteiger partial charge on any atom is -0.508 e. The zero-order chi connectivity index (χ0) is 14.0. The Morgan fingerprint density at radius 2 is 1.25 bits per heavy atom. The summed E-state index contributed by atoms with van der Waals surface area (Å²) < 4.78 is 0. The van der Waals surface area contributed by atoms with Crippen molar-refractivity contribution in [1.82, 2.24) is 10.6 Å². The van der Waals surface area contributed by atoms with Crippen LogP contribution >= 0.6 is 0 Å². The monoisotopic (exact) mass is 270 g/mol. The average Bonchev–Trinajstić information content (AvgIpc) is 2.49. The Balaban J connectivity index is 2.08. The SMILES string of the molecule is Oc1ccc(C2(c3ccc(O)cc3)CNCCN2)cc1. The van der Waals surface area contributed by atoms with Crippen LogP contribution in [0, 0.1) is 0 Å². The molecule has 4 heteroatoms. The molecule has 0 amide bonds. The molecule has 1 aliphatic rings. The van der Waals surface area contributed by atoms with Crippen molar-refractivity contribution in [2.24, 2.45) is 0 Å². The Kier molecular flexibility index (Phi) is 3.34. The molecule has 0 saturated carbocycles. The van der Waals surface area contributed by atoms with Gasteiger partial charge < -0.3 is 20.8 Å². The number of rotatable bonds is 2. The normalized spacial score (nSPS) is 17.8. The minimum atomic E-state index is -0.334. The Bertz CT molecular complexity index is 525. The molecule has 0 spiro atoms. The van der Waals surface area contributed by atoms with Crippen LogP contribution in [0.5, 0.6) is 11.5 Å². The Labute approximate surface area is 118 Å². The second-order valence-corrected chi connectivity index (χ2v) is 5.10. The fraction of sp³-hybridized carbons (Fsp3) is 0.250. The summed E-state index contributed by atoms with van der Waals surface area (Å²) in [7, 11) is 0. The zero-order valence-electron chi connectivity index (χ0n) is 11.1. The molecule has 0 aliphatic carbocycles. The van der Waals surface area contributed by atoms with Crippen molar-refractivity contribution in [2.75, 3.05) is 19.6 Å². The Morgan fingerprint density at radius 1 is 0.750 bits per heavy atom. The van der Waals surface area contributed by atoms with E-state index < -0.39 is 0 Å². The van der Waals surface area contributed by atoms with Gasteiger partial charge >= 0.3 is 0 Å². The van der Waals surface area contributed by atoms with E-state index in [-0.39, 0.29) is 17.0 Å². The molecule has 3 rings (SSSR count). The Morgan fingerprint density at radius 3 is 1.65 bits per heavy atom. The fourth-order valence-electron chi connectivity index (χ4n) is 2.77. The lowest BCUT2D eigenvalue weighted by Crippen LogP contribution is -2.57. The number of nitrogens with one attached hydrogen (secondary N) is 2. The predicted molar refractivity (Wildman–Crippen MR) is 77.9 cm³/mol. The fourth-order valence-corrected chi connectivity index (χ4v) is 2.77. The van der Waals surface area contributed by atoms with Crippen molar-refractivity contribution in [1.29, 1.82) is 0 Å². The lowest BCUT2D eigenvalue weighted by atomic mass is 9.81. The van der Waals surface area contributed by atoms with E-state index in [9.17, 15) is 10.2 Å². The van der Waals surface area contributed by atoms with Crippen LogP contribution in [0.2, 0.25) is 0 Å². The van der Waals surface area contributed by atoms with Crippen LogP contribution < -0.4 is 10.6 Å². The van der Waals surface area contributed by atoms with E-state index in [1.165, 1.54) is 0 Å². The minimum absolute atomic E-state index is 0.262. The number of hydrogen-bond donors (Lipinski definition) is 4. The topological polar surface area (TPSA) is 64.5 Å². The van der Waals surface area contributed by atoms with Crippen LogP contribution in [0.1, 0.15) is 11.1 Å². The third kappa shape index (κ3) is 2.24. The summed E-state index contributed by atoms with van der Waals surface area (Å²) >= 11 is 0. The third-order valence-corrected chi connectivity index (χ3v) is 3.84. The van der Waals surface area contributed by atoms with E-state index in [0.717, 1.165) is 30.8 Å². The first-order chi connectivity index (χ1) is 9.71. The number of piperazine rings is 1. The summed E-state index contributed by atoms with van der Waals surface area (Å²) in [5.74, 6) is 0.525. The van der Waals surface area contributed by atoms with Crippen LogP contribution in [0.15, 0.2) is 48.5 Å². The molecule has 0 radical (unpaired) electrons. The highest BCUT2D eigenvalue weighted by atomic mass is 16.3. The van der Waals surface area contributed by atoms with Gasteiger partial charge in [-0.3, -0.25) is 0 Å². The molecule has 1 fully saturated rings. The smallest absolute Gasteiger partial charge is 0.115 e. The maximum Gasteiger partial charge on any atom is 0.115 e. The number of hydrogen-bond acceptors (Lipinski definition) is 4. The van der Waals surface area contributed by atoms with Gasteiger partial charge in [-0.1, -0.05) is 24.3 Å². The summed E-state index contributed by atoms with van der Waals surface area (Å²) in [5.41, 5.74) is 1.85. The van der Waals surface area contributed by atoms with E-state index in [2.05, 4.69) is 10.6 Å². The van der Waals surface area contributed by atoms with Gasteiger partial charge in [0.2, 0.25) is 0 Å². The molecule has 0 bridgehead atoms. The molecular formula is C16H18N2O2. The van der Waals surface area contributed by atoms with Crippen molar-refractivity contribution >= 4 is 0 Å². The van der Waals surface area contributed by atoms with Gasteiger partial charge in [-0.15, -0.1) is 0 Å². The molecular weight excluding hydrogens is 252 g/mol. The molecule has 20 heavy (non-hydrogen) atoms. The van der Waals surface area contributed by atoms with Gasteiger partial charge in [-0.05, 0) is 35.4 Å². The molecule has 0 unspecified atom stereocenters. The molecule has 1 saturated heterocycles. The maximum absolute atomic E-state index is 9.48. The predicted octanol–water partition coefficient (Wildman–Crippen LogP) is 1.53. The molecule has 2 aromatic carbocycles. The molecule has 4 N–H and O–H groups in total. The first-order valence-corrected chi connectivity index (χ1v) is 6.75. The molecule has 4 nitrogen and oxygen atoms in total. The van der Waals surface area contributed by atoms with E-state index in [1.54, 1.807) is 24.3 Å². The van der Waals surface area contributed by atoms with Crippen molar-refractivity contribution in [3.8, 4) is 11.5 Å². The first kappa shape index (κ1) is 13.0. The van der Waals surface area contributed by atoms with Gasteiger partial charge in [0, 0.05) is 19.6 Å². The van der Waals surface area contributed by atoms with E-state index in [4.69, 9.17) is 0 Å². The lowest BCUT2D eigenvalue weighted by Gasteiger charge is -2.40. The summed E-state index contributed by atoms with van der Waals surface area (Å²) in [6, 6.07) is 14.5. The second kappa shape index (κ2) is 5.15. The van der Waals surface area contributed by atoms with Crippen molar-refractivity contribution in [2.45, 2.75) is 5.54 Å². The summed E-state index contributed by atoms with van der Waals surface area (Å²) in [4.78, 5) is 0. The van der Waals surface area contributed by atoms with Crippen molar-refractivity contribution < 1.29 is 10.2 Å². The van der Waals surface area contributed by atoms with Gasteiger partial charge in [-0.2, -0.15) is 0 Å².